The molecule has 1 aliphatic heterocycles. The minimum Gasteiger partial charge on any atom is -0.357 e. The van der Waals surface area contributed by atoms with Crippen molar-refractivity contribution in [1.29, 1.82) is 0 Å². The molecule has 0 saturated carbocycles. The van der Waals surface area contributed by atoms with Crippen LogP contribution < -0.4 is 10.6 Å². The molecule has 1 aromatic rings. The summed E-state index contributed by atoms with van der Waals surface area (Å²) >= 11 is 0. The van der Waals surface area contributed by atoms with Crippen molar-refractivity contribution < 1.29 is 4.79 Å². The first-order chi connectivity index (χ1) is 12.1. The molecule has 0 spiro atoms. The number of benzene rings is 1. The summed E-state index contributed by atoms with van der Waals surface area (Å²) in [4.78, 5) is 18.6. The lowest BCUT2D eigenvalue weighted by Crippen LogP contribution is -2.41. The van der Waals surface area contributed by atoms with Crippen LogP contribution in [0.1, 0.15) is 45.1 Å². The molecule has 1 amide bonds. The zero-order valence-electron chi connectivity index (χ0n) is 15.8. The van der Waals surface area contributed by atoms with Crippen molar-refractivity contribution in [3.8, 4) is 0 Å². The van der Waals surface area contributed by atoms with E-state index < -0.39 is 0 Å². The second-order valence-electron chi connectivity index (χ2n) is 6.93. The summed E-state index contributed by atoms with van der Waals surface area (Å²) in [5.74, 6) is 1.76. The number of amides is 1. The largest absolute Gasteiger partial charge is 0.357 e. The first kappa shape index (κ1) is 19.3. The standard InChI is InChI=1S/C20H32N4O/c1-4-21-20(23-15-19(25)24-12-8-9-13-24)22-14-18(16(2)3)17-10-6-5-7-11-17/h5-7,10-11,16,18H,4,8-9,12-15H2,1-3H3,(H2,21,22,23). The minimum atomic E-state index is 0.123. The van der Waals surface area contributed by atoms with Gasteiger partial charge in [0, 0.05) is 32.1 Å². The van der Waals surface area contributed by atoms with Gasteiger partial charge in [0.2, 0.25) is 5.91 Å². The summed E-state index contributed by atoms with van der Waals surface area (Å²) in [7, 11) is 0. The topological polar surface area (TPSA) is 56.7 Å². The van der Waals surface area contributed by atoms with Crippen LogP contribution >= 0.6 is 0 Å². The molecule has 138 valence electrons. The number of hydrogen-bond donors (Lipinski definition) is 2. The van der Waals surface area contributed by atoms with Crippen molar-refractivity contribution in [2.75, 3.05) is 32.7 Å². The summed E-state index contributed by atoms with van der Waals surface area (Å²) < 4.78 is 0. The fourth-order valence-corrected chi connectivity index (χ4v) is 3.20. The smallest absolute Gasteiger partial charge is 0.244 e. The third-order valence-electron chi connectivity index (χ3n) is 4.70. The Balaban J connectivity index is 1.94. The predicted molar refractivity (Wildman–Crippen MR) is 104 cm³/mol. The second-order valence-corrected chi connectivity index (χ2v) is 6.93. The van der Waals surface area contributed by atoms with E-state index in [2.05, 4.69) is 53.7 Å². The molecule has 0 radical (unpaired) electrons. The highest BCUT2D eigenvalue weighted by molar-refractivity contribution is 5.85. The van der Waals surface area contributed by atoms with E-state index in [1.807, 2.05) is 17.9 Å². The molecule has 1 aliphatic rings. The van der Waals surface area contributed by atoms with E-state index in [1.54, 1.807) is 0 Å². The molecule has 1 aromatic carbocycles. The van der Waals surface area contributed by atoms with Gasteiger partial charge in [-0.05, 0) is 31.2 Å². The van der Waals surface area contributed by atoms with Crippen molar-refractivity contribution in [1.82, 2.24) is 15.5 Å². The van der Waals surface area contributed by atoms with Crippen molar-refractivity contribution >= 4 is 11.9 Å². The SMILES string of the molecule is CCNC(=NCC(=O)N1CCCC1)NCC(c1ccccc1)C(C)C. The van der Waals surface area contributed by atoms with E-state index in [0.29, 0.717) is 11.8 Å². The van der Waals surface area contributed by atoms with Gasteiger partial charge in [0.05, 0.1) is 0 Å². The fraction of sp³-hybridized carbons (Fsp3) is 0.600. The molecule has 1 fully saturated rings. The van der Waals surface area contributed by atoms with Crippen LogP contribution in [0.5, 0.6) is 0 Å². The molecule has 1 saturated heterocycles. The van der Waals surface area contributed by atoms with Crippen LogP contribution in [0.25, 0.3) is 0 Å². The lowest BCUT2D eigenvalue weighted by atomic mass is 9.88. The summed E-state index contributed by atoms with van der Waals surface area (Å²) in [5, 5.41) is 6.66. The number of hydrogen-bond acceptors (Lipinski definition) is 2. The van der Waals surface area contributed by atoms with Gasteiger partial charge in [0.15, 0.2) is 5.96 Å². The number of aliphatic imine (C=N–C) groups is 1. The van der Waals surface area contributed by atoms with E-state index >= 15 is 0 Å². The lowest BCUT2D eigenvalue weighted by molar-refractivity contribution is -0.128. The Morgan fingerprint density at radius 1 is 1.16 bits per heavy atom. The van der Waals surface area contributed by atoms with Crippen LogP contribution in [0.15, 0.2) is 35.3 Å². The average Bonchev–Trinajstić information content (AvgIpc) is 3.15. The highest BCUT2D eigenvalue weighted by Crippen LogP contribution is 2.23. The van der Waals surface area contributed by atoms with Crippen LogP contribution in [-0.4, -0.2) is 49.5 Å². The molecule has 2 rings (SSSR count). The zero-order chi connectivity index (χ0) is 18.1. The first-order valence-corrected chi connectivity index (χ1v) is 9.46. The highest BCUT2D eigenvalue weighted by atomic mass is 16.2. The fourth-order valence-electron chi connectivity index (χ4n) is 3.20. The number of nitrogens with one attached hydrogen (secondary N) is 2. The second kappa shape index (κ2) is 10.1. The third kappa shape index (κ3) is 6.07. The molecule has 5 heteroatoms. The molecule has 0 aromatic heterocycles. The van der Waals surface area contributed by atoms with E-state index in [4.69, 9.17) is 0 Å². The normalized spacial score (nSPS) is 16.2. The van der Waals surface area contributed by atoms with E-state index in [1.165, 1.54) is 5.56 Å². The predicted octanol–water partition coefficient (Wildman–Crippen LogP) is 2.60. The lowest BCUT2D eigenvalue weighted by Gasteiger charge is -2.23. The Labute approximate surface area is 151 Å². The van der Waals surface area contributed by atoms with Crippen molar-refractivity contribution in [3.63, 3.8) is 0 Å². The maximum atomic E-state index is 12.2. The molecule has 25 heavy (non-hydrogen) atoms. The van der Waals surface area contributed by atoms with Gasteiger partial charge in [-0.2, -0.15) is 0 Å². The van der Waals surface area contributed by atoms with Gasteiger partial charge in [-0.3, -0.25) is 4.79 Å². The molecule has 1 atom stereocenters. The number of likely N-dealkylation sites (tertiary alicyclic amines) is 1. The molecule has 2 N–H and O–H groups in total. The van der Waals surface area contributed by atoms with Crippen LogP contribution in [0.2, 0.25) is 0 Å². The van der Waals surface area contributed by atoms with E-state index in [-0.39, 0.29) is 12.5 Å². The average molecular weight is 345 g/mol. The summed E-state index contributed by atoms with van der Waals surface area (Å²) in [6.45, 7) is 10.1. The Kier molecular flexibility index (Phi) is 7.76. The highest BCUT2D eigenvalue weighted by Gasteiger charge is 2.18. The number of carbonyl (C=O) groups excluding carboxylic acids is 1. The van der Waals surface area contributed by atoms with Crippen LogP contribution in [0.4, 0.5) is 0 Å². The monoisotopic (exact) mass is 344 g/mol. The summed E-state index contributed by atoms with van der Waals surface area (Å²) in [6, 6.07) is 10.6. The Morgan fingerprint density at radius 2 is 1.84 bits per heavy atom. The van der Waals surface area contributed by atoms with Gasteiger partial charge < -0.3 is 15.5 Å². The molecule has 0 bridgehead atoms. The van der Waals surface area contributed by atoms with Crippen molar-refractivity contribution in [3.05, 3.63) is 35.9 Å². The van der Waals surface area contributed by atoms with Gasteiger partial charge >= 0.3 is 0 Å². The van der Waals surface area contributed by atoms with Crippen LogP contribution in [0.3, 0.4) is 0 Å². The van der Waals surface area contributed by atoms with Gasteiger partial charge in [-0.1, -0.05) is 44.2 Å². The van der Waals surface area contributed by atoms with E-state index in [9.17, 15) is 4.79 Å². The summed E-state index contributed by atoms with van der Waals surface area (Å²) in [5.41, 5.74) is 1.33. The molecular formula is C20H32N4O. The van der Waals surface area contributed by atoms with Crippen LogP contribution in [-0.2, 0) is 4.79 Å². The Bertz CT molecular complexity index is 550. The van der Waals surface area contributed by atoms with Crippen molar-refractivity contribution in [2.24, 2.45) is 10.9 Å². The number of carbonyl (C=O) groups is 1. The Hall–Kier alpha value is -2.04. The minimum absolute atomic E-state index is 0.123. The quantitative estimate of drug-likeness (QED) is 0.590. The van der Waals surface area contributed by atoms with Gasteiger partial charge in [-0.25, -0.2) is 4.99 Å². The molecule has 1 unspecified atom stereocenters. The maximum Gasteiger partial charge on any atom is 0.244 e. The van der Waals surface area contributed by atoms with E-state index in [0.717, 1.165) is 45.0 Å². The number of guanidine groups is 1. The molecule has 5 nitrogen and oxygen atoms in total. The maximum absolute atomic E-state index is 12.2. The zero-order valence-corrected chi connectivity index (χ0v) is 15.8. The van der Waals surface area contributed by atoms with Gasteiger partial charge in [0.1, 0.15) is 6.54 Å². The van der Waals surface area contributed by atoms with Gasteiger partial charge in [0.25, 0.3) is 0 Å². The van der Waals surface area contributed by atoms with Crippen molar-refractivity contribution in [2.45, 2.75) is 39.5 Å². The molecule has 0 aliphatic carbocycles. The number of nitrogens with zero attached hydrogens (tertiary/aromatic N) is 2. The van der Waals surface area contributed by atoms with Gasteiger partial charge in [-0.15, -0.1) is 0 Å². The first-order valence-electron chi connectivity index (χ1n) is 9.46. The number of rotatable bonds is 7. The summed E-state index contributed by atoms with van der Waals surface area (Å²) in [6.07, 6.45) is 2.22. The molecular weight excluding hydrogens is 312 g/mol. The van der Waals surface area contributed by atoms with Crippen LogP contribution in [0, 0.1) is 5.92 Å². The Morgan fingerprint density at radius 3 is 2.44 bits per heavy atom. The third-order valence-corrected chi connectivity index (χ3v) is 4.70. The molecule has 1 heterocycles.